The molecule has 0 aliphatic carbocycles. The monoisotopic (exact) mass is 262 g/mol. The summed E-state index contributed by atoms with van der Waals surface area (Å²) in [5.74, 6) is 0. The fraction of sp³-hybridized carbons (Fsp3) is 0.333. The van der Waals surface area contributed by atoms with Gasteiger partial charge in [0.2, 0.25) is 0 Å². The molecule has 0 saturated carbocycles. The zero-order valence-electron chi connectivity index (χ0n) is 10.7. The molecule has 2 atom stereocenters. The van der Waals surface area contributed by atoms with E-state index < -0.39 is 6.10 Å². The normalized spacial score (nSPS) is 14.4. The molecule has 18 heavy (non-hydrogen) atoms. The van der Waals surface area contributed by atoms with Crippen LogP contribution in [0.1, 0.15) is 35.1 Å². The van der Waals surface area contributed by atoms with Crippen LogP contribution in [0, 0.1) is 6.92 Å². The molecule has 2 unspecified atom stereocenters. The Labute approximate surface area is 112 Å². The predicted molar refractivity (Wildman–Crippen MR) is 74.8 cm³/mol. The van der Waals surface area contributed by atoms with Crippen molar-refractivity contribution in [3.63, 3.8) is 0 Å². The molecular formula is C15H18O2S. The van der Waals surface area contributed by atoms with Gasteiger partial charge in [0.05, 0.1) is 0 Å². The van der Waals surface area contributed by atoms with Crippen molar-refractivity contribution in [2.24, 2.45) is 0 Å². The molecular weight excluding hydrogens is 244 g/mol. The molecule has 1 aromatic carbocycles. The fourth-order valence-corrected chi connectivity index (χ4v) is 2.80. The first-order valence-electron chi connectivity index (χ1n) is 6.12. The molecule has 0 fully saturated rings. The molecule has 2 aromatic rings. The zero-order valence-corrected chi connectivity index (χ0v) is 11.5. The van der Waals surface area contributed by atoms with Gasteiger partial charge in [-0.3, -0.25) is 0 Å². The minimum atomic E-state index is -0.612. The second-order valence-electron chi connectivity index (χ2n) is 4.16. The molecule has 0 saturated heterocycles. The molecule has 1 aromatic heterocycles. The summed E-state index contributed by atoms with van der Waals surface area (Å²) in [6.07, 6.45) is -0.914. The quantitative estimate of drug-likeness (QED) is 0.886. The van der Waals surface area contributed by atoms with Crippen molar-refractivity contribution in [3.05, 3.63) is 57.8 Å². The summed E-state index contributed by atoms with van der Waals surface area (Å²) >= 11 is 1.65. The third-order valence-electron chi connectivity index (χ3n) is 2.98. The lowest BCUT2D eigenvalue weighted by atomic mass is 9.99. The van der Waals surface area contributed by atoms with Gasteiger partial charge in [-0.25, -0.2) is 0 Å². The number of ether oxygens (including phenoxy) is 1. The van der Waals surface area contributed by atoms with E-state index in [1.165, 1.54) is 0 Å². The maximum atomic E-state index is 10.5. The van der Waals surface area contributed by atoms with Gasteiger partial charge < -0.3 is 9.84 Å². The number of aliphatic hydroxyl groups excluding tert-OH is 1. The maximum Gasteiger partial charge on any atom is 0.113 e. The Bertz CT molecular complexity index is 478. The molecule has 2 nitrogen and oxygen atoms in total. The number of thiophene rings is 1. The molecule has 0 aliphatic rings. The van der Waals surface area contributed by atoms with Gasteiger partial charge in [0.15, 0.2) is 0 Å². The average molecular weight is 262 g/mol. The molecule has 1 N–H and O–H groups in total. The van der Waals surface area contributed by atoms with E-state index in [1.54, 1.807) is 11.3 Å². The molecule has 3 heteroatoms. The number of hydrogen-bond acceptors (Lipinski definition) is 3. The average Bonchev–Trinajstić information content (AvgIpc) is 2.82. The molecule has 0 amide bonds. The van der Waals surface area contributed by atoms with Gasteiger partial charge in [0, 0.05) is 11.5 Å². The second-order valence-corrected chi connectivity index (χ2v) is 5.28. The van der Waals surface area contributed by atoms with Crippen LogP contribution in [0.2, 0.25) is 0 Å². The van der Waals surface area contributed by atoms with Crippen molar-refractivity contribution in [2.45, 2.75) is 26.1 Å². The van der Waals surface area contributed by atoms with Crippen molar-refractivity contribution >= 4 is 11.3 Å². The third kappa shape index (κ3) is 2.80. The summed E-state index contributed by atoms with van der Waals surface area (Å²) < 4.78 is 5.72. The Morgan fingerprint density at radius 2 is 1.94 bits per heavy atom. The van der Waals surface area contributed by atoms with E-state index in [0.717, 1.165) is 16.0 Å². The first-order chi connectivity index (χ1) is 8.74. The van der Waals surface area contributed by atoms with Crippen LogP contribution in [0.25, 0.3) is 0 Å². The van der Waals surface area contributed by atoms with Crippen LogP contribution in [-0.2, 0) is 4.74 Å². The van der Waals surface area contributed by atoms with E-state index in [9.17, 15) is 5.11 Å². The van der Waals surface area contributed by atoms with Crippen molar-refractivity contribution in [2.75, 3.05) is 6.61 Å². The summed E-state index contributed by atoms with van der Waals surface area (Å²) in [5.41, 5.74) is 1.97. The Morgan fingerprint density at radius 1 is 1.22 bits per heavy atom. The predicted octanol–water partition coefficient (Wildman–Crippen LogP) is 3.87. The summed E-state index contributed by atoms with van der Waals surface area (Å²) in [4.78, 5) is 1.14. The molecule has 0 aliphatic heterocycles. The van der Waals surface area contributed by atoms with Gasteiger partial charge >= 0.3 is 0 Å². The zero-order chi connectivity index (χ0) is 13.0. The largest absolute Gasteiger partial charge is 0.385 e. The van der Waals surface area contributed by atoms with Crippen LogP contribution in [-0.4, -0.2) is 11.7 Å². The molecule has 96 valence electrons. The number of rotatable bonds is 5. The van der Waals surface area contributed by atoms with Crippen LogP contribution in [0.3, 0.4) is 0 Å². The number of hydrogen-bond donors (Lipinski definition) is 1. The molecule has 0 radical (unpaired) electrons. The Balaban J connectivity index is 2.28. The Morgan fingerprint density at radius 3 is 2.50 bits per heavy atom. The highest BCUT2D eigenvalue weighted by Gasteiger charge is 2.24. The second kappa shape index (κ2) is 6.14. The van der Waals surface area contributed by atoms with Crippen molar-refractivity contribution in [1.82, 2.24) is 0 Å². The van der Waals surface area contributed by atoms with E-state index in [1.807, 2.05) is 55.6 Å². The van der Waals surface area contributed by atoms with Crippen LogP contribution in [0.4, 0.5) is 0 Å². The molecule has 2 rings (SSSR count). The van der Waals surface area contributed by atoms with Gasteiger partial charge in [-0.1, -0.05) is 30.3 Å². The standard InChI is InChI=1S/C15H18O2S/c1-3-17-15(12-7-5-4-6-8-12)14(16)13-9-10-18-11(13)2/h4-10,14-16H,3H2,1-2H3. The van der Waals surface area contributed by atoms with Crippen LogP contribution >= 0.6 is 11.3 Å². The summed E-state index contributed by atoms with van der Waals surface area (Å²) in [6, 6.07) is 11.9. The number of aliphatic hydroxyl groups is 1. The SMILES string of the molecule is CCOC(c1ccccc1)C(O)c1ccsc1C. The lowest BCUT2D eigenvalue weighted by molar-refractivity contribution is -0.0362. The van der Waals surface area contributed by atoms with E-state index in [4.69, 9.17) is 4.74 Å². The highest BCUT2D eigenvalue weighted by Crippen LogP contribution is 2.35. The van der Waals surface area contributed by atoms with Gasteiger partial charge in [0.25, 0.3) is 0 Å². The first-order valence-corrected chi connectivity index (χ1v) is 7.00. The third-order valence-corrected chi connectivity index (χ3v) is 3.84. The van der Waals surface area contributed by atoms with Gasteiger partial charge in [-0.15, -0.1) is 11.3 Å². The fourth-order valence-electron chi connectivity index (χ4n) is 2.06. The van der Waals surface area contributed by atoms with E-state index >= 15 is 0 Å². The van der Waals surface area contributed by atoms with Gasteiger partial charge in [-0.05, 0) is 36.4 Å². The van der Waals surface area contributed by atoms with Crippen molar-refractivity contribution in [3.8, 4) is 0 Å². The summed E-state index contributed by atoms with van der Waals surface area (Å²) in [5, 5.41) is 12.5. The summed E-state index contributed by atoms with van der Waals surface area (Å²) in [6.45, 7) is 4.56. The summed E-state index contributed by atoms with van der Waals surface area (Å²) in [7, 11) is 0. The minimum absolute atomic E-state index is 0.301. The van der Waals surface area contributed by atoms with Crippen LogP contribution in [0.5, 0.6) is 0 Å². The lowest BCUT2D eigenvalue weighted by Gasteiger charge is -2.23. The lowest BCUT2D eigenvalue weighted by Crippen LogP contribution is -2.14. The smallest absolute Gasteiger partial charge is 0.113 e. The van der Waals surface area contributed by atoms with Crippen LogP contribution < -0.4 is 0 Å². The highest BCUT2D eigenvalue weighted by atomic mass is 32.1. The minimum Gasteiger partial charge on any atom is -0.385 e. The topological polar surface area (TPSA) is 29.5 Å². The van der Waals surface area contributed by atoms with E-state index in [2.05, 4.69) is 0 Å². The Kier molecular flexibility index (Phi) is 4.53. The molecule has 0 bridgehead atoms. The van der Waals surface area contributed by atoms with Crippen molar-refractivity contribution in [1.29, 1.82) is 0 Å². The maximum absolute atomic E-state index is 10.5. The first kappa shape index (κ1) is 13.3. The van der Waals surface area contributed by atoms with Crippen LogP contribution in [0.15, 0.2) is 41.8 Å². The molecule has 0 spiro atoms. The van der Waals surface area contributed by atoms with Gasteiger partial charge in [0.1, 0.15) is 12.2 Å². The van der Waals surface area contributed by atoms with E-state index in [-0.39, 0.29) is 6.10 Å². The van der Waals surface area contributed by atoms with E-state index in [0.29, 0.717) is 6.61 Å². The van der Waals surface area contributed by atoms with Crippen molar-refractivity contribution < 1.29 is 9.84 Å². The number of aryl methyl sites for hydroxylation is 1. The highest BCUT2D eigenvalue weighted by molar-refractivity contribution is 7.10. The Hall–Kier alpha value is -1.16. The molecule has 1 heterocycles. The number of benzene rings is 1. The van der Waals surface area contributed by atoms with Gasteiger partial charge in [-0.2, -0.15) is 0 Å².